The van der Waals surface area contributed by atoms with Gasteiger partial charge in [0.05, 0.1) is 23.5 Å². The van der Waals surface area contributed by atoms with Gasteiger partial charge in [0.2, 0.25) is 0 Å². The number of Topliss-reactive ketones (excluding diaryl/α,β-unsaturated/α-hetero) is 1. The fourth-order valence-electron chi connectivity index (χ4n) is 6.94. The van der Waals surface area contributed by atoms with E-state index in [1.165, 1.54) is 19.3 Å². The molecule has 5 heterocycles. The predicted molar refractivity (Wildman–Crippen MR) is 186 cm³/mol. The molecule has 0 aromatic carbocycles. The molecule has 3 aliphatic rings. The molecule has 2 saturated heterocycles. The number of hydrogen-bond acceptors (Lipinski definition) is 8. The monoisotopic (exact) mass is 621 g/mol. The summed E-state index contributed by atoms with van der Waals surface area (Å²) in [4.78, 5) is 28.2. The molecule has 6 rings (SSSR count). The summed E-state index contributed by atoms with van der Waals surface area (Å²) in [5, 5.41) is 10.6. The third kappa shape index (κ3) is 8.02. The lowest BCUT2D eigenvalue weighted by Crippen LogP contribution is -2.35. The average molecular weight is 622 g/mol. The zero-order valence-corrected chi connectivity index (χ0v) is 29.5. The molecule has 45 heavy (non-hydrogen) atoms. The number of unbranched alkanes of at least 4 members (excludes halogenated alkanes) is 1. The van der Waals surface area contributed by atoms with Crippen LogP contribution in [0.25, 0.3) is 22.6 Å². The lowest BCUT2D eigenvalue weighted by atomic mass is 9.83. The molecule has 0 radical (unpaired) electrons. The van der Waals surface area contributed by atoms with Crippen LogP contribution < -0.4 is 4.90 Å². The lowest BCUT2D eigenvalue weighted by Gasteiger charge is -2.32. The van der Waals surface area contributed by atoms with Crippen molar-refractivity contribution in [1.82, 2.24) is 29.8 Å². The third-order valence-corrected chi connectivity index (χ3v) is 9.19. The molecule has 0 N–H and O–H groups in total. The average Bonchev–Trinajstić information content (AvgIpc) is 3.79. The number of anilines is 1. The predicted octanol–water partition coefficient (Wildman–Crippen LogP) is 8.15. The lowest BCUT2D eigenvalue weighted by molar-refractivity contribution is -0.121. The maximum atomic E-state index is 13.0. The van der Waals surface area contributed by atoms with Gasteiger partial charge in [0.25, 0.3) is 0 Å². The molecule has 250 valence electrons. The largest absolute Gasteiger partial charge is 0.360 e. The van der Waals surface area contributed by atoms with Crippen LogP contribution in [0.15, 0.2) is 17.7 Å². The van der Waals surface area contributed by atoms with E-state index in [1.807, 2.05) is 27.7 Å². The molecule has 3 aromatic rings. The number of likely N-dealkylation sites (tertiary alicyclic amines) is 1. The van der Waals surface area contributed by atoms with E-state index in [2.05, 4.69) is 60.6 Å². The first-order valence-electron chi connectivity index (χ1n) is 17.7. The molecular weight excluding hydrogens is 562 g/mol. The number of hydrogen-bond donors (Lipinski definition) is 0. The van der Waals surface area contributed by atoms with Gasteiger partial charge in [-0.1, -0.05) is 53.1 Å². The van der Waals surface area contributed by atoms with Crippen LogP contribution in [0, 0.1) is 12.8 Å². The van der Waals surface area contributed by atoms with Crippen molar-refractivity contribution in [3.05, 3.63) is 30.2 Å². The molecule has 3 unspecified atom stereocenters. The zero-order chi connectivity index (χ0) is 33.1. The summed E-state index contributed by atoms with van der Waals surface area (Å²) in [5.74, 6) is 3.00. The molecular formula is C36H59N7O2. The van der Waals surface area contributed by atoms with E-state index in [0.29, 0.717) is 29.9 Å². The number of carbonyl (C=O) groups excluding carboxylic acids is 1. The Bertz CT molecular complexity index is 1360. The van der Waals surface area contributed by atoms with Crippen LogP contribution in [0.4, 0.5) is 5.82 Å². The second kappa shape index (κ2) is 17.6. The molecule has 9 nitrogen and oxygen atoms in total. The number of ketones is 1. The van der Waals surface area contributed by atoms with Gasteiger partial charge in [-0.05, 0) is 77.8 Å². The van der Waals surface area contributed by atoms with E-state index in [-0.39, 0.29) is 11.7 Å². The number of aromatic nitrogens is 5. The Morgan fingerprint density at radius 3 is 2.42 bits per heavy atom. The molecule has 0 saturated carbocycles. The summed E-state index contributed by atoms with van der Waals surface area (Å²) in [6.45, 7) is 24.4. The SMILES string of the molecule is C=C.CC.CC.CCCCC(=O)C1CCCc2c(-c3nc(N4CCCC(C)C4)c4c(C)nn(CC5CCCN5C)c4n3)noc21. The smallest absolute Gasteiger partial charge is 0.186 e. The molecule has 0 bridgehead atoms. The molecule has 0 amide bonds. The van der Waals surface area contributed by atoms with Crippen molar-refractivity contribution < 1.29 is 9.32 Å². The van der Waals surface area contributed by atoms with Crippen molar-refractivity contribution in [1.29, 1.82) is 0 Å². The number of aryl methyl sites for hydroxylation is 1. The van der Waals surface area contributed by atoms with Crippen LogP contribution in [0.2, 0.25) is 0 Å². The van der Waals surface area contributed by atoms with Crippen LogP contribution in [0.3, 0.4) is 0 Å². The standard InChI is InChI=1S/C30H43N7O2.2C2H6.C2H4/c1-5-6-14-24(38)22-12-7-13-23-26(34-39-27(22)23)28-31-29(36-16-8-10-19(2)17-36)25-20(3)33-37(30(25)32-28)18-21-11-9-15-35(21)4;3*1-2/h19,21-22H,5-18H2,1-4H3;2*1-2H3;1-2H2. The van der Waals surface area contributed by atoms with Crippen LogP contribution in [-0.2, 0) is 17.8 Å². The normalized spacial score (nSPS) is 21.2. The van der Waals surface area contributed by atoms with Gasteiger partial charge in [-0.3, -0.25) is 4.79 Å². The fraction of sp³-hybridized carbons (Fsp3) is 0.694. The molecule has 3 aromatic heterocycles. The number of carbonyl (C=O) groups is 1. The minimum absolute atomic E-state index is 0.196. The van der Waals surface area contributed by atoms with Crippen LogP contribution in [0.5, 0.6) is 0 Å². The first-order chi connectivity index (χ1) is 21.9. The van der Waals surface area contributed by atoms with E-state index >= 15 is 0 Å². The van der Waals surface area contributed by atoms with Crippen molar-refractivity contribution in [2.24, 2.45) is 5.92 Å². The van der Waals surface area contributed by atoms with Gasteiger partial charge < -0.3 is 14.3 Å². The molecule has 2 aliphatic heterocycles. The van der Waals surface area contributed by atoms with Crippen molar-refractivity contribution in [3.63, 3.8) is 0 Å². The fourth-order valence-corrected chi connectivity index (χ4v) is 6.94. The second-order valence-corrected chi connectivity index (χ2v) is 12.2. The van der Waals surface area contributed by atoms with Gasteiger partial charge in [-0.2, -0.15) is 5.10 Å². The zero-order valence-electron chi connectivity index (χ0n) is 29.5. The minimum atomic E-state index is -0.196. The highest BCUT2D eigenvalue weighted by atomic mass is 16.5. The Kier molecular flexibility index (Phi) is 14.2. The van der Waals surface area contributed by atoms with Gasteiger partial charge >= 0.3 is 0 Å². The first kappa shape index (κ1) is 36.4. The van der Waals surface area contributed by atoms with Crippen molar-refractivity contribution in [3.8, 4) is 11.5 Å². The number of likely N-dealkylation sites (N-methyl/N-ethyl adjacent to an activating group) is 1. The van der Waals surface area contributed by atoms with Gasteiger partial charge in [0.1, 0.15) is 11.6 Å². The van der Waals surface area contributed by atoms with Crippen molar-refractivity contribution in [2.75, 3.05) is 31.6 Å². The maximum Gasteiger partial charge on any atom is 0.186 e. The van der Waals surface area contributed by atoms with E-state index in [0.717, 1.165) is 98.6 Å². The van der Waals surface area contributed by atoms with Crippen LogP contribution in [0.1, 0.15) is 122 Å². The van der Waals surface area contributed by atoms with Crippen molar-refractivity contribution in [2.45, 2.75) is 131 Å². The number of piperidine rings is 1. The summed E-state index contributed by atoms with van der Waals surface area (Å²) in [5.41, 5.74) is 3.59. The molecule has 1 aliphatic carbocycles. The quantitative estimate of drug-likeness (QED) is 0.233. The van der Waals surface area contributed by atoms with Crippen LogP contribution >= 0.6 is 0 Å². The number of nitrogens with zero attached hydrogens (tertiary/aromatic N) is 7. The Morgan fingerprint density at radius 1 is 1.02 bits per heavy atom. The first-order valence-corrected chi connectivity index (χ1v) is 17.7. The second-order valence-electron chi connectivity index (χ2n) is 12.2. The Morgan fingerprint density at radius 2 is 1.76 bits per heavy atom. The molecule has 9 heteroatoms. The highest BCUT2D eigenvalue weighted by Gasteiger charge is 2.34. The van der Waals surface area contributed by atoms with E-state index in [9.17, 15) is 4.79 Å². The Hall–Kier alpha value is -3.07. The summed E-state index contributed by atoms with van der Waals surface area (Å²) in [6.07, 6.45) is 9.96. The topological polar surface area (TPSA) is 93.2 Å². The summed E-state index contributed by atoms with van der Waals surface area (Å²) < 4.78 is 8.03. The summed E-state index contributed by atoms with van der Waals surface area (Å²) >= 11 is 0. The van der Waals surface area contributed by atoms with E-state index in [4.69, 9.17) is 19.6 Å². The Labute approximate surface area is 271 Å². The Balaban J connectivity index is 0.000000870. The van der Waals surface area contributed by atoms with Gasteiger partial charge in [0.15, 0.2) is 22.9 Å². The van der Waals surface area contributed by atoms with Crippen LogP contribution in [-0.4, -0.2) is 68.3 Å². The summed E-state index contributed by atoms with van der Waals surface area (Å²) in [6, 6.07) is 0.457. The maximum absolute atomic E-state index is 13.0. The summed E-state index contributed by atoms with van der Waals surface area (Å²) in [7, 11) is 2.21. The van der Waals surface area contributed by atoms with Gasteiger partial charge in [-0.15, -0.1) is 13.2 Å². The van der Waals surface area contributed by atoms with Crippen molar-refractivity contribution >= 4 is 22.6 Å². The van der Waals surface area contributed by atoms with E-state index < -0.39 is 0 Å². The number of rotatable bonds is 8. The number of fused-ring (bicyclic) bond motifs is 2. The van der Waals surface area contributed by atoms with E-state index in [1.54, 1.807) is 0 Å². The highest BCUT2D eigenvalue weighted by Crippen LogP contribution is 2.40. The van der Waals surface area contributed by atoms with Gasteiger partial charge in [-0.25, -0.2) is 14.6 Å². The molecule has 0 spiro atoms. The van der Waals surface area contributed by atoms with Gasteiger partial charge in [0, 0.05) is 31.1 Å². The highest BCUT2D eigenvalue weighted by molar-refractivity contribution is 5.92. The molecule has 3 atom stereocenters. The minimum Gasteiger partial charge on any atom is -0.360 e. The third-order valence-electron chi connectivity index (χ3n) is 9.19. The molecule has 2 fully saturated rings.